The molecule has 0 unspecified atom stereocenters. The van der Waals surface area contributed by atoms with Gasteiger partial charge < -0.3 is 21.6 Å². The highest BCUT2D eigenvalue weighted by molar-refractivity contribution is 5.86. The Balaban J connectivity index is 0.00000341. The van der Waals surface area contributed by atoms with Crippen LogP contribution < -0.4 is 12.4 Å². The SMILES string of the molecule is C=C(C)C(=O)OCC[N+](Cc1ccccc1)(Cc1ccccc1)Cc1ccccc1.[Cl-]. The van der Waals surface area contributed by atoms with Gasteiger partial charge in [-0.05, 0) is 6.92 Å². The lowest BCUT2D eigenvalue weighted by Gasteiger charge is -2.39. The first-order valence-corrected chi connectivity index (χ1v) is 10.4. The molecule has 162 valence electrons. The Bertz CT molecular complexity index is 841. The zero-order chi connectivity index (χ0) is 21.2. The zero-order valence-corrected chi connectivity index (χ0v) is 18.8. The number of halogens is 1. The van der Waals surface area contributed by atoms with Gasteiger partial charge in [-0.25, -0.2) is 4.79 Å². The quantitative estimate of drug-likeness (QED) is 0.278. The molecule has 3 aromatic rings. The summed E-state index contributed by atoms with van der Waals surface area (Å²) >= 11 is 0. The van der Waals surface area contributed by atoms with Gasteiger partial charge in [0.25, 0.3) is 0 Å². The average Bonchev–Trinajstić information content (AvgIpc) is 2.75. The lowest BCUT2D eigenvalue weighted by molar-refractivity contribution is -0.966. The number of carbonyl (C=O) groups is 1. The number of carbonyl (C=O) groups excluding carboxylic acids is 1. The first-order valence-electron chi connectivity index (χ1n) is 10.4. The second kappa shape index (κ2) is 12.1. The van der Waals surface area contributed by atoms with E-state index < -0.39 is 0 Å². The third-order valence-corrected chi connectivity index (χ3v) is 5.23. The maximum absolute atomic E-state index is 12.0. The average molecular weight is 436 g/mol. The molecule has 0 aliphatic rings. The van der Waals surface area contributed by atoms with Crippen molar-refractivity contribution < 1.29 is 26.4 Å². The molecule has 0 atom stereocenters. The van der Waals surface area contributed by atoms with Crippen LogP contribution in [-0.2, 0) is 29.2 Å². The van der Waals surface area contributed by atoms with Crippen molar-refractivity contribution in [3.05, 3.63) is 120 Å². The standard InChI is InChI=1S/C27H30NO2.ClH/c1-23(2)27(29)30-19-18-28(20-24-12-6-3-7-13-24,21-25-14-8-4-9-15-25)22-26-16-10-5-11-17-26;/h3-17H,1,18-22H2,2H3;1H/q+1;/p-1. The minimum Gasteiger partial charge on any atom is -1.00 e. The molecular weight excluding hydrogens is 406 g/mol. The van der Waals surface area contributed by atoms with Gasteiger partial charge in [0.2, 0.25) is 0 Å². The van der Waals surface area contributed by atoms with Crippen LogP contribution in [0.4, 0.5) is 0 Å². The van der Waals surface area contributed by atoms with Crippen molar-refractivity contribution >= 4 is 5.97 Å². The molecule has 0 radical (unpaired) electrons. The Hall–Kier alpha value is -2.88. The van der Waals surface area contributed by atoms with Crippen LogP contribution in [0.3, 0.4) is 0 Å². The molecule has 3 aromatic carbocycles. The summed E-state index contributed by atoms with van der Waals surface area (Å²) in [6, 6.07) is 31.6. The van der Waals surface area contributed by atoms with E-state index in [-0.39, 0.29) is 18.4 Å². The van der Waals surface area contributed by atoms with Crippen LogP contribution in [0, 0.1) is 0 Å². The van der Waals surface area contributed by atoms with E-state index in [1.807, 2.05) is 18.2 Å². The molecule has 0 N–H and O–H groups in total. The number of nitrogens with zero attached hydrogens (tertiary/aromatic N) is 1. The van der Waals surface area contributed by atoms with Crippen LogP contribution in [0.15, 0.2) is 103 Å². The largest absolute Gasteiger partial charge is 1.00 e. The van der Waals surface area contributed by atoms with Crippen LogP contribution in [-0.4, -0.2) is 23.6 Å². The first-order chi connectivity index (χ1) is 14.6. The Morgan fingerprint density at radius 2 is 1.10 bits per heavy atom. The second-order valence-corrected chi connectivity index (χ2v) is 7.91. The fraction of sp³-hybridized carbons (Fsp3) is 0.222. The number of ether oxygens (including phenoxy) is 1. The molecule has 0 aliphatic heterocycles. The Kier molecular flexibility index (Phi) is 9.51. The predicted octanol–water partition coefficient (Wildman–Crippen LogP) is 2.53. The van der Waals surface area contributed by atoms with Crippen molar-refractivity contribution in [2.24, 2.45) is 0 Å². The van der Waals surface area contributed by atoms with E-state index in [0.717, 1.165) is 30.7 Å². The van der Waals surface area contributed by atoms with Crippen LogP contribution in [0.25, 0.3) is 0 Å². The third-order valence-electron chi connectivity index (χ3n) is 5.23. The summed E-state index contributed by atoms with van der Waals surface area (Å²) < 4.78 is 6.28. The lowest BCUT2D eigenvalue weighted by atomic mass is 10.1. The molecule has 3 rings (SSSR count). The molecule has 0 heterocycles. The van der Waals surface area contributed by atoms with Gasteiger partial charge >= 0.3 is 5.97 Å². The molecule has 0 fully saturated rings. The van der Waals surface area contributed by atoms with E-state index in [1.54, 1.807) is 6.92 Å². The van der Waals surface area contributed by atoms with Gasteiger partial charge in [-0.1, -0.05) is 97.6 Å². The minimum atomic E-state index is -0.327. The van der Waals surface area contributed by atoms with Gasteiger partial charge in [-0.15, -0.1) is 0 Å². The molecule has 0 saturated carbocycles. The van der Waals surface area contributed by atoms with E-state index in [1.165, 1.54) is 16.7 Å². The van der Waals surface area contributed by atoms with Gasteiger partial charge in [-0.2, -0.15) is 0 Å². The van der Waals surface area contributed by atoms with Crippen LogP contribution in [0.5, 0.6) is 0 Å². The molecular formula is C27H30ClNO2. The van der Waals surface area contributed by atoms with Crippen molar-refractivity contribution in [1.29, 1.82) is 0 Å². The monoisotopic (exact) mass is 435 g/mol. The predicted molar refractivity (Wildman–Crippen MR) is 121 cm³/mol. The zero-order valence-electron chi connectivity index (χ0n) is 18.0. The van der Waals surface area contributed by atoms with Gasteiger partial charge in [0.05, 0.1) is 0 Å². The highest BCUT2D eigenvalue weighted by atomic mass is 35.5. The minimum absolute atomic E-state index is 0. The highest BCUT2D eigenvalue weighted by Crippen LogP contribution is 2.24. The summed E-state index contributed by atoms with van der Waals surface area (Å²) in [5.74, 6) is -0.327. The van der Waals surface area contributed by atoms with Gasteiger partial charge in [0.1, 0.15) is 32.8 Å². The Morgan fingerprint density at radius 3 is 1.42 bits per heavy atom. The molecule has 0 aromatic heterocycles. The number of hydrogen-bond donors (Lipinski definition) is 0. The molecule has 0 bridgehead atoms. The second-order valence-electron chi connectivity index (χ2n) is 7.91. The number of esters is 1. The van der Waals surface area contributed by atoms with Gasteiger partial charge in [-0.3, -0.25) is 0 Å². The fourth-order valence-electron chi connectivity index (χ4n) is 3.77. The Labute approximate surface area is 192 Å². The van der Waals surface area contributed by atoms with Crippen molar-refractivity contribution in [2.75, 3.05) is 13.2 Å². The summed E-state index contributed by atoms with van der Waals surface area (Å²) in [5.41, 5.74) is 4.25. The molecule has 3 nitrogen and oxygen atoms in total. The van der Waals surface area contributed by atoms with E-state index in [4.69, 9.17) is 4.74 Å². The highest BCUT2D eigenvalue weighted by Gasteiger charge is 2.29. The van der Waals surface area contributed by atoms with Crippen molar-refractivity contribution in [2.45, 2.75) is 26.6 Å². The van der Waals surface area contributed by atoms with Crippen LogP contribution >= 0.6 is 0 Å². The van der Waals surface area contributed by atoms with Crippen molar-refractivity contribution in [3.8, 4) is 0 Å². The van der Waals surface area contributed by atoms with Crippen LogP contribution in [0.1, 0.15) is 23.6 Å². The number of rotatable bonds is 10. The number of benzene rings is 3. The van der Waals surface area contributed by atoms with E-state index in [0.29, 0.717) is 12.2 Å². The van der Waals surface area contributed by atoms with Crippen LogP contribution in [0.2, 0.25) is 0 Å². The number of hydrogen-bond acceptors (Lipinski definition) is 2. The summed E-state index contributed by atoms with van der Waals surface area (Å²) in [6.45, 7) is 9.03. The lowest BCUT2D eigenvalue weighted by Crippen LogP contribution is -3.00. The van der Waals surface area contributed by atoms with E-state index >= 15 is 0 Å². The molecule has 0 saturated heterocycles. The Morgan fingerprint density at radius 1 is 0.742 bits per heavy atom. The molecule has 0 spiro atoms. The summed E-state index contributed by atoms with van der Waals surface area (Å²) in [5, 5.41) is 0. The summed E-state index contributed by atoms with van der Waals surface area (Å²) in [7, 11) is 0. The van der Waals surface area contributed by atoms with Crippen molar-refractivity contribution in [1.82, 2.24) is 0 Å². The molecule has 4 heteroatoms. The third kappa shape index (κ3) is 7.71. The summed E-state index contributed by atoms with van der Waals surface area (Å²) in [6.07, 6.45) is 0. The van der Waals surface area contributed by atoms with E-state index in [9.17, 15) is 4.79 Å². The molecule has 31 heavy (non-hydrogen) atoms. The first kappa shape index (κ1) is 24.4. The normalized spacial score (nSPS) is 10.7. The topological polar surface area (TPSA) is 26.3 Å². The van der Waals surface area contributed by atoms with Crippen molar-refractivity contribution in [3.63, 3.8) is 0 Å². The van der Waals surface area contributed by atoms with Gasteiger partial charge in [0, 0.05) is 22.3 Å². The maximum Gasteiger partial charge on any atom is 0.333 e. The summed E-state index contributed by atoms with van der Waals surface area (Å²) in [4.78, 5) is 12.0. The molecule has 0 amide bonds. The van der Waals surface area contributed by atoms with E-state index in [2.05, 4.69) is 79.4 Å². The fourth-order valence-corrected chi connectivity index (χ4v) is 3.77. The maximum atomic E-state index is 12.0. The smallest absolute Gasteiger partial charge is 0.333 e. The molecule has 0 aliphatic carbocycles. The number of quaternary nitrogens is 1. The van der Waals surface area contributed by atoms with Gasteiger partial charge in [0.15, 0.2) is 0 Å².